The van der Waals surface area contributed by atoms with Crippen molar-refractivity contribution in [3.8, 4) is 0 Å². The first-order valence-electron chi connectivity index (χ1n) is 14.6. The fourth-order valence-corrected chi connectivity index (χ4v) is 7.47. The summed E-state index contributed by atoms with van der Waals surface area (Å²) in [7, 11) is -4.80. The van der Waals surface area contributed by atoms with E-state index in [1.54, 1.807) is 18.1 Å². The van der Waals surface area contributed by atoms with Crippen LogP contribution in [-0.2, 0) is 30.6 Å². The van der Waals surface area contributed by atoms with Crippen LogP contribution in [0, 0.1) is 28.6 Å². The van der Waals surface area contributed by atoms with E-state index in [-0.39, 0.29) is 41.7 Å². The molecule has 1 N–H and O–H groups in total. The third-order valence-electron chi connectivity index (χ3n) is 9.93. The van der Waals surface area contributed by atoms with E-state index < -0.39 is 10.4 Å². The summed E-state index contributed by atoms with van der Waals surface area (Å²) in [4.78, 5) is 33.5. The number of imide groups is 1. The van der Waals surface area contributed by atoms with E-state index in [0.29, 0.717) is 43.1 Å². The number of hydrogen-bond donors (Lipinski definition) is 1. The maximum atomic E-state index is 12.9. The van der Waals surface area contributed by atoms with Gasteiger partial charge in [-0.05, 0) is 86.4 Å². The number of allylic oxidation sites excluding steroid dienone is 2. The maximum absolute atomic E-state index is 12.9. The minimum atomic E-state index is -4.80. The molecule has 4 atom stereocenters. The predicted octanol–water partition coefficient (Wildman–Crippen LogP) is 5.09. The van der Waals surface area contributed by atoms with Crippen LogP contribution in [0.4, 0.5) is 0 Å². The third-order valence-corrected chi connectivity index (χ3v) is 10.4. The van der Waals surface area contributed by atoms with Crippen LogP contribution < -0.4 is 0 Å². The molecule has 1 aromatic rings. The molecule has 222 valence electrons. The lowest BCUT2D eigenvalue weighted by Gasteiger charge is -2.53. The van der Waals surface area contributed by atoms with Crippen LogP contribution in [0.2, 0.25) is 0 Å². The Morgan fingerprint density at radius 1 is 1.20 bits per heavy atom. The van der Waals surface area contributed by atoms with Crippen molar-refractivity contribution in [3.63, 3.8) is 0 Å². The lowest BCUT2D eigenvalue weighted by atomic mass is 9.52. The number of nitrogens with one attached hydrogen (secondary N) is 1. The molecule has 0 bridgehead atoms. The zero-order chi connectivity index (χ0) is 29.1. The summed E-state index contributed by atoms with van der Waals surface area (Å²) in [6.45, 7) is 9.54. The average Bonchev–Trinajstić information content (AvgIpc) is 3.49. The van der Waals surface area contributed by atoms with Crippen LogP contribution in [0.5, 0.6) is 0 Å². The number of carbonyl (C=O) groups excluding carboxylic acids is 2. The van der Waals surface area contributed by atoms with Crippen LogP contribution in [0.1, 0.15) is 91.2 Å². The van der Waals surface area contributed by atoms with Crippen molar-refractivity contribution in [3.05, 3.63) is 41.5 Å². The van der Waals surface area contributed by atoms with Crippen LogP contribution in [0.15, 0.2) is 35.8 Å². The molecule has 0 radical (unpaired) electrons. The molecule has 9 nitrogen and oxygen atoms in total. The number of amides is 2. The Kier molecular flexibility index (Phi) is 9.42. The van der Waals surface area contributed by atoms with Gasteiger partial charge < -0.3 is 9.54 Å². The maximum Gasteiger partial charge on any atom is 0.256 e. The highest BCUT2D eigenvalue weighted by atomic mass is 32.3. The van der Waals surface area contributed by atoms with E-state index in [1.807, 2.05) is 0 Å². The van der Waals surface area contributed by atoms with E-state index in [2.05, 4.69) is 43.7 Å². The minimum absolute atomic E-state index is 0.0146. The number of nitrogens with zero attached hydrogens (tertiary/aromatic N) is 2. The number of rotatable bonds is 13. The average molecular weight is 575 g/mol. The van der Waals surface area contributed by atoms with Crippen LogP contribution >= 0.6 is 0 Å². The lowest BCUT2D eigenvalue weighted by molar-refractivity contribution is -0.137. The standard InChI is InChI=1S/C30H45N3O6S/c1-21-10-11-25-26(9-6-14-29(25,2)3)30(21,4)15-12-22(19-39-40(36,37)38)7-5-8-23-17-27(34)33(28(23)35)16-13-24-18-31-20-32-24/h9,17-18,20-22,25H,5-8,10-16,19H2,1-4H3,(H,31,32)(H,36,37,38)/p-1/t21-,22?,25-,30-/m0/s1. The summed E-state index contributed by atoms with van der Waals surface area (Å²) in [5, 5.41) is 0. The summed E-state index contributed by atoms with van der Waals surface area (Å²) >= 11 is 0. The molecule has 2 heterocycles. The highest BCUT2D eigenvalue weighted by molar-refractivity contribution is 7.80. The Balaban J connectivity index is 1.36. The molecule has 1 aliphatic heterocycles. The first-order chi connectivity index (χ1) is 18.8. The molecule has 3 aliphatic rings. The van der Waals surface area contributed by atoms with Gasteiger partial charge in [0.05, 0.1) is 12.9 Å². The quantitative estimate of drug-likeness (QED) is 0.150. The van der Waals surface area contributed by atoms with Gasteiger partial charge in [0.15, 0.2) is 0 Å². The molecule has 2 amide bonds. The first kappa shape index (κ1) is 30.7. The number of H-pyrrole nitrogens is 1. The Morgan fingerprint density at radius 3 is 2.67 bits per heavy atom. The Hall–Kier alpha value is -2.30. The van der Waals surface area contributed by atoms with Gasteiger partial charge in [-0.3, -0.25) is 18.7 Å². The summed E-state index contributed by atoms with van der Waals surface area (Å²) in [5.41, 5.74) is 3.16. The molecule has 1 aromatic heterocycles. The fraction of sp³-hybridized carbons (Fsp3) is 0.700. The van der Waals surface area contributed by atoms with E-state index in [9.17, 15) is 22.6 Å². The van der Waals surface area contributed by atoms with Crippen molar-refractivity contribution in [1.29, 1.82) is 0 Å². The molecule has 1 saturated carbocycles. The molecule has 4 rings (SSSR count). The van der Waals surface area contributed by atoms with Crippen molar-refractivity contribution in [2.24, 2.45) is 28.6 Å². The zero-order valence-corrected chi connectivity index (χ0v) is 25.1. The van der Waals surface area contributed by atoms with Crippen LogP contribution in [-0.4, -0.2) is 52.8 Å². The Bertz CT molecular complexity index is 1240. The second-order valence-electron chi connectivity index (χ2n) is 12.9. The van der Waals surface area contributed by atoms with Crippen LogP contribution in [0.3, 0.4) is 0 Å². The number of fused-ring (bicyclic) bond motifs is 1. The molecule has 0 saturated heterocycles. The monoisotopic (exact) mass is 574 g/mol. The molecule has 10 heteroatoms. The molecule has 0 aromatic carbocycles. The SMILES string of the molecule is C[C@H]1CC[C@H]2C(=CCCC2(C)C)[C@@]1(C)CCC(CCCC1=CC(=O)N(CCc2cnc[nH]2)C1=O)COS(=O)(=O)[O-]. The van der Waals surface area contributed by atoms with Crippen molar-refractivity contribution in [2.45, 2.75) is 91.9 Å². The van der Waals surface area contributed by atoms with E-state index in [0.717, 1.165) is 25.0 Å². The van der Waals surface area contributed by atoms with Gasteiger partial charge in [-0.1, -0.05) is 39.3 Å². The van der Waals surface area contributed by atoms with Crippen molar-refractivity contribution >= 4 is 22.2 Å². The number of aromatic amines is 1. The summed E-state index contributed by atoms with van der Waals surface area (Å²) in [6, 6.07) is 0. The molecular formula is C30H44N3O6S-. The highest BCUT2D eigenvalue weighted by Gasteiger charge is 2.47. The number of hydrogen-bond acceptors (Lipinski definition) is 7. The third kappa shape index (κ3) is 7.12. The van der Waals surface area contributed by atoms with Gasteiger partial charge in [0.2, 0.25) is 10.4 Å². The molecule has 0 spiro atoms. The molecular weight excluding hydrogens is 530 g/mol. The number of carbonyl (C=O) groups is 2. The van der Waals surface area contributed by atoms with Crippen LogP contribution in [0.25, 0.3) is 0 Å². The summed E-state index contributed by atoms with van der Waals surface area (Å²) < 4.78 is 38.5. The Labute approximate surface area is 238 Å². The topological polar surface area (TPSA) is 132 Å². The van der Waals surface area contributed by atoms with E-state index in [4.69, 9.17) is 4.18 Å². The van der Waals surface area contributed by atoms with Gasteiger partial charge in [-0.15, -0.1) is 0 Å². The van der Waals surface area contributed by atoms with Crippen molar-refractivity contribution < 1.29 is 26.7 Å². The fourth-order valence-electron chi connectivity index (χ4n) is 7.11. The normalized spacial score (nSPS) is 27.4. The largest absolute Gasteiger partial charge is 0.726 e. The predicted molar refractivity (Wildman–Crippen MR) is 150 cm³/mol. The summed E-state index contributed by atoms with van der Waals surface area (Å²) in [5.74, 6) is 0.340. The van der Waals surface area contributed by atoms with Gasteiger partial charge in [0, 0.05) is 36.5 Å². The first-order valence-corrected chi connectivity index (χ1v) is 16.0. The second-order valence-corrected chi connectivity index (χ2v) is 14.0. The van der Waals surface area contributed by atoms with Crippen molar-refractivity contribution in [1.82, 2.24) is 14.9 Å². The van der Waals surface area contributed by atoms with Gasteiger partial charge in [0.1, 0.15) is 0 Å². The number of aromatic nitrogens is 2. The molecule has 2 aliphatic carbocycles. The molecule has 1 fully saturated rings. The second kappa shape index (κ2) is 12.3. The van der Waals surface area contributed by atoms with E-state index in [1.165, 1.54) is 30.2 Å². The summed E-state index contributed by atoms with van der Waals surface area (Å²) in [6.07, 6.45) is 15.5. The van der Waals surface area contributed by atoms with Crippen molar-refractivity contribution in [2.75, 3.05) is 13.2 Å². The smallest absolute Gasteiger partial charge is 0.256 e. The Morgan fingerprint density at radius 2 is 1.98 bits per heavy atom. The van der Waals surface area contributed by atoms with Gasteiger partial charge in [0.25, 0.3) is 11.8 Å². The molecule has 1 unspecified atom stereocenters. The lowest BCUT2D eigenvalue weighted by Crippen LogP contribution is -2.43. The zero-order valence-electron chi connectivity index (χ0n) is 24.3. The number of imidazole rings is 1. The van der Waals surface area contributed by atoms with Gasteiger partial charge >= 0.3 is 0 Å². The van der Waals surface area contributed by atoms with E-state index >= 15 is 0 Å². The molecule has 40 heavy (non-hydrogen) atoms. The van der Waals surface area contributed by atoms with Gasteiger partial charge in [-0.2, -0.15) is 0 Å². The highest BCUT2D eigenvalue weighted by Crippen LogP contribution is 2.58. The van der Waals surface area contributed by atoms with Gasteiger partial charge in [-0.25, -0.2) is 13.4 Å². The minimum Gasteiger partial charge on any atom is -0.726 e.